The van der Waals surface area contributed by atoms with Crippen molar-refractivity contribution < 1.29 is 9.90 Å². The largest absolute Gasteiger partial charge is 0.506 e. The first-order valence-corrected chi connectivity index (χ1v) is 5.35. The third-order valence-electron chi connectivity index (χ3n) is 2.25. The maximum atomic E-state index is 11.7. The maximum absolute atomic E-state index is 11.7. The third-order valence-corrected chi connectivity index (χ3v) is 2.25. The normalized spacial score (nSPS) is 10.1. The van der Waals surface area contributed by atoms with Crippen molar-refractivity contribution in [1.82, 2.24) is 20.3 Å². The standard InChI is InChI=1S/C12H12N4O2/c1-8-3-15-10(5-14-8)6-16-12(18)9-2-11(17)7-13-4-9/h2-5,7,17H,6H2,1H3,(H,16,18). The average molecular weight is 244 g/mol. The summed E-state index contributed by atoms with van der Waals surface area (Å²) in [6.07, 6.45) is 5.89. The van der Waals surface area contributed by atoms with Gasteiger partial charge in [0, 0.05) is 12.4 Å². The molecule has 0 atom stereocenters. The van der Waals surface area contributed by atoms with E-state index in [1.807, 2.05) is 6.92 Å². The Labute approximate surface area is 104 Å². The van der Waals surface area contributed by atoms with E-state index in [0.717, 1.165) is 5.69 Å². The van der Waals surface area contributed by atoms with Crippen molar-refractivity contribution in [3.05, 3.63) is 47.8 Å². The van der Waals surface area contributed by atoms with Crippen LogP contribution in [0.3, 0.4) is 0 Å². The highest BCUT2D eigenvalue weighted by Gasteiger charge is 2.06. The highest BCUT2D eigenvalue weighted by atomic mass is 16.3. The van der Waals surface area contributed by atoms with Crippen LogP contribution in [0.4, 0.5) is 0 Å². The number of hydrogen-bond donors (Lipinski definition) is 2. The summed E-state index contributed by atoms with van der Waals surface area (Å²) < 4.78 is 0. The average Bonchev–Trinajstić information content (AvgIpc) is 2.38. The van der Waals surface area contributed by atoms with Crippen LogP contribution in [0.15, 0.2) is 30.9 Å². The summed E-state index contributed by atoms with van der Waals surface area (Å²) >= 11 is 0. The van der Waals surface area contributed by atoms with E-state index < -0.39 is 0 Å². The van der Waals surface area contributed by atoms with Crippen molar-refractivity contribution in [2.45, 2.75) is 13.5 Å². The second kappa shape index (κ2) is 5.22. The molecule has 1 amide bonds. The highest BCUT2D eigenvalue weighted by molar-refractivity contribution is 5.94. The van der Waals surface area contributed by atoms with E-state index in [9.17, 15) is 9.90 Å². The fraction of sp³-hybridized carbons (Fsp3) is 0.167. The minimum absolute atomic E-state index is 0.0437. The molecule has 0 bridgehead atoms. The molecule has 2 aromatic heterocycles. The zero-order chi connectivity index (χ0) is 13.0. The van der Waals surface area contributed by atoms with Crippen molar-refractivity contribution in [2.24, 2.45) is 0 Å². The van der Waals surface area contributed by atoms with E-state index in [4.69, 9.17) is 0 Å². The van der Waals surface area contributed by atoms with Crippen LogP contribution < -0.4 is 5.32 Å². The van der Waals surface area contributed by atoms with Gasteiger partial charge in [0.05, 0.1) is 35.9 Å². The fourth-order valence-corrected chi connectivity index (χ4v) is 1.34. The van der Waals surface area contributed by atoms with Crippen LogP contribution in [0.25, 0.3) is 0 Å². The lowest BCUT2D eigenvalue weighted by Gasteiger charge is -2.04. The Kier molecular flexibility index (Phi) is 3.47. The number of carbonyl (C=O) groups is 1. The van der Waals surface area contributed by atoms with Gasteiger partial charge in [-0.25, -0.2) is 0 Å². The van der Waals surface area contributed by atoms with E-state index in [1.54, 1.807) is 12.4 Å². The lowest BCUT2D eigenvalue weighted by molar-refractivity contribution is 0.0949. The molecule has 6 nitrogen and oxygen atoms in total. The molecule has 0 aromatic carbocycles. The van der Waals surface area contributed by atoms with Crippen molar-refractivity contribution in [3.63, 3.8) is 0 Å². The van der Waals surface area contributed by atoms with Gasteiger partial charge < -0.3 is 10.4 Å². The molecule has 2 aromatic rings. The van der Waals surface area contributed by atoms with Gasteiger partial charge in [0.2, 0.25) is 0 Å². The quantitative estimate of drug-likeness (QED) is 0.834. The van der Waals surface area contributed by atoms with Crippen LogP contribution in [0.1, 0.15) is 21.7 Å². The molecule has 2 N–H and O–H groups in total. The molecule has 0 aliphatic carbocycles. The van der Waals surface area contributed by atoms with E-state index >= 15 is 0 Å². The molecule has 18 heavy (non-hydrogen) atoms. The summed E-state index contributed by atoms with van der Waals surface area (Å²) in [5.74, 6) is -0.362. The van der Waals surface area contributed by atoms with Crippen LogP contribution in [-0.4, -0.2) is 26.0 Å². The van der Waals surface area contributed by atoms with E-state index in [2.05, 4.69) is 20.3 Å². The fourth-order valence-electron chi connectivity index (χ4n) is 1.34. The molecule has 0 radical (unpaired) electrons. The molecule has 0 spiro atoms. The topological polar surface area (TPSA) is 88.0 Å². The minimum atomic E-state index is -0.319. The van der Waals surface area contributed by atoms with E-state index in [0.29, 0.717) is 11.3 Å². The SMILES string of the molecule is Cc1cnc(CNC(=O)c2cncc(O)c2)cn1. The molecule has 0 aliphatic rings. The molecule has 2 heterocycles. The molecule has 0 fully saturated rings. The minimum Gasteiger partial charge on any atom is -0.506 e. The number of nitrogens with zero attached hydrogens (tertiary/aromatic N) is 3. The molecule has 2 rings (SSSR count). The van der Waals surface area contributed by atoms with Gasteiger partial charge in [0.1, 0.15) is 5.75 Å². The molecule has 6 heteroatoms. The Morgan fingerprint density at radius 2 is 2.11 bits per heavy atom. The number of pyridine rings is 1. The number of aryl methyl sites for hydroxylation is 1. The van der Waals surface area contributed by atoms with E-state index in [-0.39, 0.29) is 18.2 Å². The summed E-state index contributed by atoms with van der Waals surface area (Å²) in [7, 11) is 0. The Morgan fingerprint density at radius 3 is 2.78 bits per heavy atom. The first-order chi connectivity index (χ1) is 8.65. The van der Waals surface area contributed by atoms with Crippen LogP contribution >= 0.6 is 0 Å². The van der Waals surface area contributed by atoms with Gasteiger partial charge in [0.15, 0.2) is 0 Å². The molecular weight excluding hydrogens is 232 g/mol. The van der Waals surface area contributed by atoms with Crippen molar-refractivity contribution in [3.8, 4) is 5.75 Å². The zero-order valence-electron chi connectivity index (χ0n) is 9.79. The Bertz CT molecular complexity index is 554. The van der Waals surface area contributed by atoms with Gasteiger partial charge in [-0.05, 0) is 13.0 Å². The zero-order valence-corrected chi connectivity index (χ0v) is 9.79. The summed E-state index contributed by atoms with van der Waals surface area (Å²) in [6, 6.07) is 1.35. The Morgan fingerprint density at radius 1 is 1.28 bits per heavy atom. The molecule has 0 unspecified atom stereocenters. The van der Waals surface area contributed by atoms with Crippen LogP contribution in [-0.2, 0) is 6.54 Å². The number of carbonyl (C=O) groups excluding carboxylic acids is 1. The highest BCUT2D eigenvalue weighted by Crippen LogP contribution is 2.08. The summed E-state index contributed by atoms with van der Waals surface area (Å²) in [5.41, 5.74) is 1.79. The number of amides is 1. The van der Waals surface area contributed by atoms with Gasteiger partial charge in [-0.1, -0.05) is 0 Å². The first-order valence-electron chi connectivity index (χ1n) is 5.35. The molecule has 0 aliphatic heterocycles. The van der Waals surface area contributed by atoms with Crippen molar-refractivity contribution in [1.29, 1.82) is 0 Å². The van der Waals surface area contributed by atoms with Crippen LogP contribution in [0.5, 0.6) is 5.75 Å². The van der Waals surface area contributed by atoms with Gasteiger partial charge in [-0.2, -0.15) is 0 Å². The van der Waals surface area contributed by atoms with E-state index in [1.165, 1.54) is 18.5 Å². The second-order valence-electron chi connectivity index (χ2n) is 3.76. The predicted molar refractivity (Wildman–Crippen MR) is 63.8 cm³/mol. The van der Waals surface area contributed by atoms with Gasteiger partial charge in [0.25, 0.3) is 5.91 Å². The molecule has 0 saturated carbocycles. The molecule has 0 saturated heterocycles. The number of nitrogens with one attached hydrogen (secondary N) is 1. The number of aromatic hydroxyl groups is 1. The monoisotopic (exact) mass is 244 g/mol. The molecule has 92 valence electrons. The van der Waals surface area contributed by atoms with Crippen LogP contribution in [0.2, 0.25) is 0 Å². The maximum Gasteiger partial charge on any atom is 0.253 e. The van der Waals surface area contributed by atoms with Crippen molar-refractivity contribution >= 4 is 5.91 Å². The summed E-state index contributed by atoms with van der Waals surface area (Å²) in [4.78, 5) is 23.7. The lowest BCUT2D eigenvalue weighted by Crippen LogP contribution is -2.23. The van der Waals surface area contributed by atoms with Crippen LogP contribution in [0, 0.1) is 6.92 Å². The lowest BCUT2D eigenvalue weighted by atomic mass is 10.2. The molecular formula is C12H12N4O2. The van der Waals surface area contributed by atoms with Gasteiger partial charge in [-0.3, -0.25) is 19.7 Å². The Balaban J connectivity index is 1.98. The second-order valence-corrected chi connectivity index (χ2v) is 3.76. The Hall–Kier alpha value is -2.50. The smallest absolute Gasteiger partial charge is 0.253 e. The van der Waals surface area contributed by atoms with Crippen molar-refractivity contribution in [2.75, 3.05) is 0 Å². The summed E-state index contributed by atoms with van der Waals surface area (Å²) in [5, 5.41) is 11.9. The summed E-state index contributed by atoms with van der Waals surface area (Å²) in [6.45, 7) is 2.12. The van der Waals surface area contributed by atoms with Gasteiger partial charge >= 0.3 is 0 Å². The number of hydrogen-bond acceptors (Lipinski definition) is 5. The third kappa shape index (κ3) is 3.00. The number of aromatic nitrogens is 3. The predicted octanol–water partition coefficient (Wildman–Crippen LogP) is 0.816. The van der Waals surface area contributed by atoms with Gasteiger partial charge in [-0.15, -0.1) is 0 Å². The first kappa shape index (κ1) is 12.0. The number of rotatable bonds is 3.